The molecule has 1 aliphatic heterocycles. The van der Waals surface area contributed by atoms with Gasteiger partial charge in [-0.2, -0.15) is 0 Å². The van der Waals surface area contributed by atoms with Crippen LogP contribution in [0.25, 0.3) is 10.9 Å². The molecule has 10 heteroatoms. The summed E-state index contributed by atoms with van der Waals surface area (Å²) in [6.45, 7) is 2.38. The summed E-state index contributed by atoms with van der Waals surface area (Å²) in [7, 11) is 1.34. The number of rotatable bonds is 5. The van der Waals surface area contributed by atoms with E-state index in [1.165, 1.54) is 13.3 Å². The number of piperazine rings is 1. The van der Waals surface area contributed by atoms with Gasteiger partial charge in [-0.05, 0) is 25.0 Å². The number of hydrogen-bond acceptors (Lipinski definition) is 7. The number of halogens is 1. The predicted octanol–water partition coefficient (Wildman–Crippen LogP) is -2.86. The normalized spacial score (nSPS) is 16.9. The van der Waals surface area contributed by atoms with Crippen LogP contribution in [0.4, 0.5) is 10.1 Å². The van der Waals surface area contributed by atoms with Crippen LogP contribution in [0.3, 0.4) is 0 Å². The van der Waals surface area contributed by atoms with Gasteiger partial charge in [0.25, 0.3) is 0 Å². The molecular weight excluding hydrogens is 420 g/mol. The number of carbonyl (C=O) groups is 2. The van der Waals surface area contributed by atoms with Crippen LogP contribution in [-0.2, 0) is 9.53 Å². The number of carbonyl (C=O) groups excluding carboxylic acids is 2. The Morgan fingerprint density at radius 3 is 2.43 bits per heavy atom. The number of esters is 1. The zero-order chi connectivity index (χ0) is 20.7. The second-order valence-corrected chi connectivity index (χ2v) is 7.46. The van der Waals surface area contributed by atoms with Crippen molar-refractivity contribution in [3.05, 3.63) is 39.9 Å². The standard InChI is InChI=1S/C20H22FN3O5.K/c1-29-18(25)11-22-4-6-23(7-5-22)17-9-16-13(8-15(17)21)19(26)14(20(27)28)10-24(16)12-2-3-12;/h8-10,12H,2-7,11H2,1H3,(H,27,28);/q;+1/p-1. The monoisotopic (exact) mass is 441 g/mol. The largest absolute Gasteiger partial charge is 1.00 e. The molecule has 0 unspecified atom stereocenters. The molecule has 154 valence electrons. The maximum Gasteiger partial charge on any atom is 1.00 e. The van der Waals surface area contributed by atoms with Gasteiger partial charge in [-0.25, -0.2) is 4.39 Å². The van der Waals surface area contributed by atoms with Crippen molar-refractivity contribution in [2.45, 2.75) is 18.9 Å². The average molecular weight is 442 g/mol. The van der Waals surface area contributed by atoms with E-state index >= 15 is 0 Å². The molecule has 30 heavy (non-hydrogen) atoms. The van der Waals surface area contributed by atoms with Crippen LogP contribution in [0, 0.1) is 5.82 Å². The number of aromatic nitrogens is 1. The second kappa shape index (κ2) is 9.45. The molecule has 2 fully saturated rings. The van der Waals surface area contributed by atoms with E-state index in [9.17, 15) is 23.9 Å². The number of carboxylic acid groups (broad SMARTS) is 1. The summed E-state index contributed by atoms with van der Waals surface area (Å²) in [6.07, 6.45) is 3.07. The average Bonchev–Trinajstić information content (AvgIpc) is 3.54. The number of hydrogen-bond donors (Lipinski definition) is 0. The molecule has 0 N–H and O–H groups in total. The molecule has 1 saturated carbocycles. The van der Waals surface area contributed by atoms with Crippen molar-refractivity contribution in [3.8, 4) is 0 Å². The van der Waals surface area contributed by atoms with Gasteiger partial charge in [0.15, 0.2) is 5.43 Å². The molecule has 8 nitrogen and oxygen atoms in total. The number of methoxy groups -OCH3 is 1. The van der Waals surface area contributed by atoms with Gasteiger partial charge in [0.05, 0.1) is 36.4 Å². The first-order valence-electron chi connectivity index (χ1n) is 9.53. The third-order valence-corrected chi connectivity index (χ3v) is 5.55. The topological polar surface area (TPSA) is 94.9 Å². The molecule has 1 aliphatic carbocycles. The number of aromatic carboxylic acids is 1. The molecule has 0 bridgehead atoms. The van der Waals surface area contributed by atoms with Crippen LogP contribution in [0.15, 0.2) is 23.1 Å². The summed E-state index contributed by atoms with van der Waals surface area (Å²) < 4.78 is 21.3. The van der Waals surface area contributed by atoms with Crippen molar-refractivity contribution in [1.82, 2.24) is 9.47 Å². The first-order valence-corrected chi connectivity index (χ1v) is 9.53. The first-order chi connectivity index (χ1) is 13.9. The maximum absolute atomic E-state index is 14.9. The number of anilines is 1. The molecule has 1 aromatic carbocycles. The van der Waals surface area contributed by atoms with Crippen LogP contribution >= 0.6 is 0 Å². The fraction of sp³-hybridized carbons (Fsp3) is 0.450. The quantitative estimate of drug-likeness (QED) is 0.364. The maximum atomic E-state index is 14.9. The van der Waals surface area contributed by atoms with E-state index in [0.29, 0.717) is 37.4 Å². The molecule has 1 aromatic heterocycles. The molecule has 4 rings (SSSR count). The number of carboxylic acids is 1. The first kappa shape index (κ1) is 23.4. The van der Waals surface area contributed by atoms with Crippen LogP contribution in [0.1, 0.15) is 29.2 Å². The summed E-state index contributed by atoms with van der Waals surface area (Å²) in [5, 5.41) is 11.4. The van der Waals surface area contributed by atoms with Crippen molar-refractivity contribution in [2.24, 2.45) is 0 Å². The predicted molar refractivity (Wildman–Crippen MR) is 101 cm³/mol. The second-order valence-electron chi connectivity index (χ2n) is 7.46. The van der Waals surface area contributed by atoms with E-state index in [1.54, 1.807) is 10.6 Å². The van der Waals surface area contributed by atoms with E-state index in [1.807, 2.05) is 9.80 Å². The number of ether oxygens (including phenoxy) is 1. The van der Waals surface area contributed by atoms with Gasteiger partial charge in [-0.3, -0.25) is 14.5 Å². The minimum atomic E-state index is -1.56. The van der Waals surface area contributed by atoms with Gasteiger partial charge in [-0.15, -0.1) is 0 Å². The van der Waals surface area contributed by atoms with Crippen LogP contribution in [-0.4, -0.2) is 61.2 Å². The van der Waals surface area contributed by atoms with Gasteiger partial charge >= 0.3 is 57.4 Å². The molecule has 2 aromatic rings. The molecule has 0 spiro atoms. The van der Waals surface area contributed by atoms with Crippen LogP contribution in [0.2, 0.25) is 0 Å². The molecular formula is C20H21FKN3O5. The summed E-state index contributed by atoms with van der Waals surface area (Å²) in [5.41, 5.74) is -0.292. The Bertz CT molecular complexity index is 1040. The summed E-state index contributed by atoms with van der Waals surface area (Å²) in [5.74, 6) is -2.45. The molecule has 1 saturated heterocycles. The number of benzene rings is 1. The summed E-state index contributed by atoms with van der Waals surface area (Å²) in [4.78, 5) is 39.1. The number of nitrogens with zero attached hydrogens (tertiary/aromatic N) is 3. The fourth-order valence-corrected chi connectivity index (χ4v) is 3.80. The van der Waals surface area contributed by atoms with E-state index in [0.717, 1.165) is 18.9 Å². The zero-order valence-electron chi connectivity index (χ0n) is 17.0. The Balaban J connectivity index is 0.00000256. The Morgan fingerprint density at radius 1 is 1.20 bits per heavy atom. The Kier molecular flexibility index (Phi) is 7.36. The molecule has 0 amide bonds. The van der Waals surface area contributed by atoms with Gasteiger partial charge in [-0.1, -0.05) is 0 Å². The summed E-state index contributed by atoms with van der Waals surface area (Å²) >= 11 is 0. The van der Waals surface area contributed by atoms with Crippen LogP contribution < -0.4 is 66.8 Å². The molecule has 0 radical (unpaired) electrons. The van der Waals surface area contributed by atoms with Gasteiger partial charge in [0, 0.05) is 43.8 Å². The van der Waals surface area contributed by atoms with Gasteiger partial charge in [0.2, 0.25) is 0 Å². The van der Waals surface area contributed by atoms with Crippen molar-refractivity contribution in [2.75, 3.05) is 44.7 Å². The Hall–Kier alpha value is -1.30. The van der Waals surface area contributed by atoms with Gasteiger partial charge < -0.3 is 24.1 Å². The third-order valence-electron chi connectivity index (χ3n) is 5.55. The van der Waals surface area contributed by atoms with Crippen molar-refractivity contribution >= 4 is 28.5 Å². The van der Waals surface area contributed by atoms with Crippen LogP contribution in [0.5, 0.6) is 0 Å². The Morgan fingerprint density at radius 2 is 1.87 bits per heavy atom. The van der Waals surface area contributed by atoms with E-state index in [4.69, 9.17) is 0 Å². The molecule has 2 heterocycles. The minimum Gasteiger partial charge on any atom is -0.545 e. The van der Waals surface area contributed by atoms with E-state index < -0.39 is 22.8 Å². The van der Waals surface area contributed by atoms with E-state index in [2.05, 4.69) is 4.74 Å². The third kappa shape index (κ3) is 4.63. The SMILES string of the molecule is COC(=O)CN1CCN(c2cc3c(cc2F)c(=O)c(C(=O)[O-])cn3C2CC2)CC1.[K+]. The summed E-state index contributed by atoms with van der Waals surface area (Å²) in [6, 6.07) is 2.85. The number of pyridine rings is 1. The smallest absolute Gasteiger partial charge is 0.545 e. The molecule has 0 atom stereocenters. The number of fused-ring (bicyclic) bond motifs is 1. The zero-order valence-corrected chi connectivity index (χ0v) is 20.1. The van der Waals surface area contributed by atoms with Crippen molar-refractivity contribution in [1.29, 1.82) is 0 Å². The minimum absolute atomic E-state index is 0. The fourth-order valence-electron chi connectivity index (χ4n) is 3.80. The Labute approximate surface area is 215 Å². The van der Waals surface area contributed by atoms with Crippen molar-refractivity contribution in [3.63, 3.8) is 0 Å². The van der Waals surface area contributed by atoms with E-state index in [-0.39, 0.29) is 75.3 Å². The van der Waals surface area contributed by atoms with Crippen molar-refractivity contribution < 1.29 is 75.2 Å². The van der Waals surface area contributed by atoms with Gasteiger partial charge in [0.1, 0.15) is 5.82 Å². The molecule has 2 aliphatic rings.